The first-order valence-electron chi connectivity index (χ1n) is 6.96. The molecule has 5 nitrogen and oxygen atoms in total. The maximum absolute atomic E-state index is 12.3. The van der Waals surface area contributed by atoms with Gasteiger partial charge in [0.25, 0.3) is 5.56 Å². The zero-order chi connectivity index (χ0) is 15.4. The highest BCUT2D eigenvalue weighted by molar-refractivity contribution is 5.56. The summed E-state index contributed by atoms with van der Waals surface area (Å²) in [6.07, 6.45) is 0. The zero-order valence-electron chi connectivity index (χ0n) is 11.9. The fourth-order valence-electron chi connectivity index (χ4n) is 2.18. The molecule has 0 atom stereocenters. The molecule has 2 aromatic carbocycles. The molecule has 0 saturated carbocycles. The SMILES string of the molecule is Nc1nc(Nc2ccccc2)cc(=O)n1Cc1ccccc1. The number of hydrogen-bond acceptors (Lipinski definition) is 4. The summed E-state index contributed by atoms with van der Waals surface area (Å²) >= 11 is 0. The molecule has 0 saturated heterocycles. The van der Waals surface area contributed by atoms with E-state index in [2.05, 4.69) is 10.3 Å². The Morgan fingerprint density at radius 2 is 1.64 bits per heavy atom. The van der Waals surface area contributed by atoms with Gasteiger partial charge < -0.3 is 11.1 Å². The largest absolute Gasteiger partial charge is 0.369 e. The molecule has 1 heterocycles. The number of nitrogen functional groups attached to an aromatic ring is 1. The Balaban J connectivity index is 1.87. The van der Waals surface area contributed by atoms with Gasteiger partial charge in [0, 0.05) is 11.8 Å². The highest BCUT2D eigenvalue weighted by Crippen LogP contribution is 2.13. The van der Waals surface area contributed by atoms with Gasteiger partial charge >= 0.3 is 0 Å². The van der Waals surface area contributed by atoms with Crippen molar-refractivity contribution < 1.29 is 0 Å². The first kappa shape index (κ1) is 13.9. The molecule has 0 aliphatic carbocycles. The van der Waals surface area contributed by atoms with Gasteiger partial charge in [-0.15, -0.1) is 0 Å². The van der Waals surface area contributed by atoms with Gasteiger partial charge in [-0.2, -0.15) is 4.98 Å². The molecule has 3 rings (SSSR count). The van der Waals surface area contributed by atoms with E-state index in [0.29, 0.717) is 12.4 Å². The molecule has 0 spiro atoms. The van der Waals surface area contributed by atoms with Gasteiger partial charge in [0.15, 0.2) is 0 Å². The predicted octanol–water partition coefficient (Wildman–Crippen LogP) is 2.62. The van der Waals surface area contributed by atoms with Crippen molar-refractivity contribution in [1.82, 2.24) is 9.55 Å². The number of nitrogens with two attached hydrogens (primary N) is 1. The van der Waals surface area contributed by atoms with Crippen LogP contribution in [0.2, 0.25) is 0 Å². The Kier molecular flexibility index (Phi) is 3.87. The average molecular weight is 292 g/mol. The average Bonchev–Trinajstić information content (AvgIpc) is 2.53. The Morgan fingerprint density at radius 3 is 2.27 bits per heavy atom. The van der Waals surface area contributed by atoms with Crippen LogP contribution < -0.4 is 16.6 Å². The molecule has 0 unspecified atom stereocenters. The number of nitrogens with zero attached hydrogens (tertiary/aromatic N) is 2. The van der Waals surface area contributed by atoms with E-state index in [1.54, 1.807) is 0 Å². The van der Waals surface area contributed by atoms with Crippen LogP contribution in [0.15, 0.2) is 71.5 Å². The van der Waals surface area contributed by atoms with E-state index in [1.165, 1.54) is 10.6 Å². The minimum atomic E-state index is -0.185. The summed E-state index contributed by atoms with van der Waals surface area (Å²) in [5, 5.41) is 3.07. The van der Waals surface area contributed by atoms with Crippen molar-refractivity contribution in [1.29, 1.82) is 0 Å². The third kappa shape index (κ3) is 3.15. The van der Waals surface area contributed by atoms with Crippen LogP contribution in [-0.2, 0) is 6.54 Å². The predicted molar refractivity (Wildman–Crippen MR) is 88.2 cm³/mol. The molecule has 0 aliphatic heterocycles. The third-order valence-corrected chi connectivity index (χ3v) is 3.27. The molecule has 3 N–H and O–H groups in total. The van der Waals surface area contributed by atoms with Crippen molar-refractivity contribution in [3.05, 3.63) is 82.6 Å². The summed E-state index contributed by atoms with van der Waals surface area (Å²) in [5.41, 5.74) is 7.61. The van der Waals surface area contributed by atoms with Crippen molar-refractivity contribution in [2.45, 2.75) is 6.54 Å². The van der Waals surface area contributed by atoms with Gasteiger partial charge in [-0.25, -0.2) is 0 Å². The lowest BCUT2D eigenvalue weighted by Crippen LogP contribution is -2.24. The topological polar surface area (TPSA) is 72.9 Å². The van der Waals surface area contributed by atoms with Gasteiger partial charge in [-0.3, -0.25) is 9.36 Å². The molecule has 0 radical (unpaired) electrons. The van der Waals surface area contributed by atoms with Gasteiger partial charge in [0.2, 0.25) is 5.95 Å². The molecule has 110 valence electrons. The molecule has 0 fully saturated rings. The lowest BCUT2D eigenvalue weighted by molar-refractivity contribution is 0.753. The second-order valence-corrected chi connectivity index (χ2v) is 4.90. The number of hydrogen-bond donors (Lipinski definition) is 2. The first-order chi connectivity index (χ1) is 10.7. The van der Waals surface area contributed by atoms with Crippen LogP contribution in [0.5, 0.6) is 0 Å². The summed E-state index contributed by atoms with van der Waals surface area (Å²) in [6, 6.07) is 20.7. The number of nitrogens with one attached hydrogen (secondary N) is 1. The van der Waals surface area contributed by atoms with Gasteiger partial charge in [0.05, 0.1) is 6.54 Å². The normalized spacial score (nSPS) is 10.4. The van der Waals surface area contributed by atoms with Crippen molar-refractivity contribution in [2.24, 2.45) is 0 Å². The summed E-state index contributed by atoms with van der Waals surface area (Å²) in [6.45, 7) is 0.407. The number of anilines is 3. The number of para-hydroxylation sites is 1. The second kappa shape index (κ2) is 6.13. The Labute approximate surface area is 128 Å². The maximum Gasteiger partial charge on any atom is 0.257 e. The molecule has 1 aromatic heterocycles. The molecule has 5 heteroatoms. The van der Waals surface area contributed by atoms with Gasteiger partial charge in [0.1, 0.15) is 5.82 Å². The minimum absolute atomic E-state index is 0.185. The maximum atomic E-state index is 12.3. The van der Waals surface area contributed by atoms with E-state index in [-0.39, 0.29) is 11.5 Å². The lowest BCUT2D eigenvalue weighted by Gasteiger charge is -2.11. The lowest BCUT2D eigenvalue weighted by atomic mass is 10.2. The standard InChI is InChI=1S/C17H16N4O/c18-17-20-15(19-14-9-5-2-6-10-14)11-16(22)21(17)12-13-7-3-1-4-8-13/h1-11,19H,12H2,(H2,18,20). The second-order valence-electron chi connectivity index (χ2n) is 4.90. The summed E-state index contributed by atoms with van der Waals surface area (Å²) in [7, 11) is 0. The van der Waals surface area contributed by atoms with E-state index in [1.807, 2.05) is 60.7 Å². The molecule has 0 bridgehead atoms. The number of rotatable bonds is 4. The van der Waals surface area contributed by atoms with E-state index in [0.717, 1.165) is 11.3 Å². The zero-order valence-corrected chi connectivity index (χ0v) is 11.9. The Morgan fingerprint density at radius 1 is 1.00 bits per heavy atom. The minimum Gasteiger partial charge on any atom is -0.369 e. The molecular weight excluding hydrogens is 276 g/mol. The van der Waals surface area contributed by atoms with Crippen LogP contribution in [0.1, 0.15) is 5.56 Å². The van der Waals surface area contributed by atoms with Gasteiger partial charge in [-0.1, -0.05) is 48.5 Å². The fraction of sp³-hybridized carbons (Fsp3) is 0.0588. The van der Waals surface area contributed by atoms with Crippen LogP contribution in [0.3, 0.4) is 0 Å². The summed E-state index contributed by atoms with van der Waals surface area (Å²) < 4.78 is 1.45. The van der Waals surface area contributed by atoms with Crippen molar-refractivity contribution >= 4 is 17.5 Å². The van der Waals surface area contributed by atoms with Crippen LogP contribution in [0, 0.1) is 0 Å². The van der Waals surface area contributed by atoms with E-state index >= 15 is 0 Å². The van der Waals surface area contributed by atoms with E-state index in [4.69, 9.17) is 5.73 Å². The van der Waals surface area contributed by atoms with E-state index < -0.39 is 0 Å². The molecular formula is C17H16N4O. The monoisotopic (exact) mass is 292 g/mol. The van der Waals surface area contributed by atoms with Crippen LogP contribution >= 0.6 is 0 Å². The highest BCUT2D eigenvalue weighted by atomic mass is 16.1. The molecule has 0 amide bonds. The van der Waals surface area contributed by atoms with Crippen molar-refractivity contribution in [2.75, 3.05) is 11.1 Å². The van der Waals surface area contributed by atoms with Crippen molar-refractivity contribution in [3.63, 3.8) is 0 Å². The molecule has 0 aliphatic rings. The molecule has 22 heavy (non-hydrogen) atoms. The third-order valence-electron chi connectivity index (χ3n) is 3.27. The van der Waals surface area contributed by atoms with Crippen LogP contribution in [-0.4, -0.2) is 9.55 Å². The Bertz CT molecular complexity index is 813. The summed E-state index contributed by atoms with van der Waals surface area (Å²) in [4.78, 5) is 16.5. The fourth-order valence-corrected chi connectivity index (χ4v) is 2.18. The van der Waals surface area contributed by atoms with Crippen LogP contribution in [0.4, 0.5) is 17.5 Å². The van der Waals surface area contributed by atoms with E-state index in [9.17, 15) is 4.79 Å². The quantitative estimate of drug-likeness (QED) is 0.775. The number of benzene rings is 2. The first-order valence-corrected chi connectivity index (χ1v) is 6.96. The molecule has 3 aromatic rings. The Hall–Kier alpha value is -3.08. The van der Waals surface area contributed by atoms with Crippen molar-refractivity contribution in [3.8, 4) is 0 Å². The van der Waals surface area contributed by atoms with Crippen LogP contribution in [0.25, 0.3) is 0 Å². The smallest absolute Gasteiger partial charge is 0.257 e. The van der Waals surface area contributed by atoms with Gasteiger partial charge in [-0.05, 0) is 17.7 Å². The highest BCUT2D eigenvalue weighted by Gasteiger charge is 2.07. The number of aromatic nitrogens is 2. The summed E-state index contributed by atoms with van der Waals surface area (Å²) in [5.74, 6) is 0.632.